The predicted molar refractivity (Wildman–Crippen MR) is 114 cm³/mol. The van der Waals surface area contributed by atoms with Crippen molar-refractivity contribution in [3.63, 3.8) is 0 Å². The molecule has 2 rings (SSSR count). The topological polar surface area (TPSA) is 58.5 Å². The second kappa shape index (κ2) is 10.9. The number of nitrogens with zero attached hydrogens (tertiary/aromatic N) is 2. The Balaban J connectivity index is 0.00000338. The van der Waals surface area contributed by atoms with Crippen molar-refractivity contribution in [1.82, 2.24) is 15.6 Å². The standard InChI is InChI=1S/C19H25FN4O.HI/c1-13(2)25-18-10-14(3)7-8-15(18)11-23-19(21-4)24-12-17-16(20)6-5-9-22-17;/h5-10,13H,11-12H2,1-4H3,(H2,21,23,24);1H. The summed E-state index contributed by atoms with van der Waals surface area (Å²) >= 11 is 0. The van der Waals surface area contributed by atoms with Crippen LogP contribution in [0.4, 0.5) is 4.39 Å². The number of nitrogens with one attached hydrogen (secondary N) is 2. The molecule has 0 aliphatic carbocycles. The minimum Gasteiger partial charge on any atom is -0.491 e. The van der Waals surface area contributed by atoms with E-state index in [0.29, 0.717) is 18.2 Å². The molecule has 0 aliphatic heterocycles. The van der Waals surface area contributed by atoms with Crippen molar-refractivity contribution in [1.29, 1.82) is 0 Å². The van der Waals surface area contributed by atoms with E-state index in [1.807, 2.05) is 39.0 Å². The normalized spacial score (nSPS) is 11.1. The van der Waals surface area contributed by atoms with Crippen LogP contribution < -0.4 is 15.4 Å². The van der Waals surface area contributed by atoms with Gasteiger partial charge >= 0.3 is 0 Å². The Kier molecular flexibility index (Phi) is 9.32. The van der Waals surface area contributed by atoms with E-state index in [1.54, 1.807) is 19.3 Å². The number of pyridine rings is 1. The first kappa shape index (κ1) is 22.1. The van der Waals surface area contributed by atoms with Gasteiger partial charge in [-0.15, -0.1) is 24.0 Å². The molecule has 26 heavy (non-hydrogen) atoms. The average molecular weight is 472 g/mol. The van der Waals surface area contributed by atoms with Crippen LogP contribution in [0.15, 0.2) is 41.5 Å². The summed E-state index contributed by atoms with van der Waals surface area (Å²) in [5.41, 5.74) is 2.53. The Morgan fingerprint density at radius 2 is 1.96 bits per heavy atom. The molecular weight excluding hydrogens is 446 g/mol. The molecule has 0 bridgehead atoms. The first-order valence-electron chi connectivity index (χ1n) is 8.29. The summed E-state index contributed by atoms with van der Waals surface area (Å²) in [6.07, 6.45) is 1.67. The molecule has 0 atom stereocenters. The monoisotopic (exact) mass is 472 g/mol. The lowest BCUT2D eigenvalue weighted by Gasteiger charge is -2.17. The minimum absolute atomic E-state index is 0. The number of benzene rings is 1. The lowest BCUT2D eigenvalue weighted by Crippen LogP contribution is -2.36. The second-order valence-corrected chi connectivity index (χ2v) is 5.99. The van der Waals surface area contributed by atoms with Gasteiger partial charge in [0.05, 0.1) is 18.3 Å². The highest BCUT2D eigenvalue weighted by Gasteiger charge is 2.08. The van der Waals surface area contributed by atoms with Gasteiger partial charge in [0.15, 0.2) is 5.96 Å². The highest BCUT2D eigenvalue weighted by molar-refractivity contribution is 14.0. The van der Waals surface area contributed by atoms with Crippen LogP contribution in [0.5, 0.6) is 5.75 Å². The number of aryl methyl sites for hydroxylation is 1. The SMILES string of the molecule is CN=C(NCc1ccc(C)cc1OC(C)C)NCc1ncccc1F.I. The van der Waals surface area contributed by atoms with Crippen molar-refractivity contribution < 1.29 is 9.13 Å². The van der Waals surface area contributed by atoms with Gasteiger partial charge in [0.1, 0.15) is 11.6 Å². The molecule has 0 saturated carbocycles. The Morgan fingerprint density at radius 3 is 2.62 bits per heavy atom. The van der Waals surface area contributed by atoms with E-state index in [2.05, 4.69) is 20.6 Å². The van der Waals surface area contributed by atoms with Crippen LogP contribution in [0.3, 0.4) is 0 Å². The van der Waals surface area contributed by atoms with Crippen molar-refractivity contribution in [2.24, 2.45) is 4.99 Å². The number of rotatable bonds is 6. The fraction of sp³-hybridized carbons (Fsp3) is 0.368. The van der Waals surface area contributed by atoms with Crippen LogP contribution in [-0.4, -0.2) is 24.1 Å². The molecule has 0 amide bonds. The predicted octanol–water partition coefficient (Wildman–Crippen LogP) is 3.80. The zero-order chi connectivity index (χ0) is 18.2. The first-order chi connectivity index (χ1) is 12.0. The summed E-state index contributed by atoms with van der Waals surface area (Å²) in [5.74, 6) is 1.09. The van der Waals surface area contributed by atoms with E-state index in [4.69, 9.17) is 4.74 Å². The molecule has 0 radical (unpaired) electrons. The lowest BCUT2D eigenvalue weighted by atomic mass is 10.1. The highest BCUT2D eigenvalue weighted by Crippen LogP contribution is 2.21. The molecule has 1 aromatic carbocycles. The van der Waals surface area contributed by atoms with Crippen molar-refractivity contribution in [2.75, 3.05) is 7.05 Å². The van der Waals surface area contributed by atoms with Gasteiger partial charge < -0.3 is 15.4 Å². The van der Waals surface area contributed by atoms with E-state index >= 15 is 0 Å². The maximum absolute atomic E-state index is 13.6. The molecule has 5 nitrogen and oxygen atoms in total. The second-order valence-electron chi connectivity index (χ2n) is 5.99. The Hall–Kier alpha value is -1.90. The van der Waals surface area contributed by atoms with Crippen LogP contribution in [-0.2, 0) is 13.1 Å². The van der Waals surface area contributed by atoms with E-state index in [0.717, 1.165) is 16.9 Å². The van der Waals surface area contributed by atoms with Crippen LogP contribution in [0, 0.1) is 12.7 Å². The van der Waals surface area contributed by atoms with Gasteiger partial charge in [-0.1, -0.05) is 12.1 Å². The molecule has 0 unspecified atom stereocenters. The molecule has 142 valence electrons. The van der Waals surface area contributed by atoms with Gasteiger partial charge in [-0.3, -0.25) is 9.98 Å². The Bertz CT molecular complexity index is 737. The van der Waals surface area contributed by atoms with Crippen LogP contribution >= 0.6 is 24.0 Å². The number of guanidine groups is 1. The zero-order valence-electron chi connectivity index (χ0n) is 15.5. The lowest BCUT2D eigenvalue weighted by molar-refractivity contribution is 0.239. The smallest absolute Gasteiger partial charge is 0.191 e. The van der Waals surface area contributed by atoms with Crippen molar-refractivity contribution in [3.05, 3.63) is 59.2 Å². The van der Waals surface area contributed by atoms with E-state index in [9.17, 15) is 4.39 Å². The fourth-order valence-electron chi connectivity index (χ4n) is 2.29. The first-order valence-corrected chi connectivity index (χ1v) is 8.29. The van der Waals surface area contributed by atoms with Gasteiger partial charge in [-0.25, -0.2) is 4.39 Å². The summed E-state index contributed by atoms with van der Waals surface area (Å²) in [6.45, 7) is 6.84. The fourth-order valence-corrected chi connectivity index (χ4v) is 2.29. The number of ether oxygens (including phenoxy) is 1. The molecule has 0 saturated heterocycles. The van der Waals surface area contributed by atoms with E-state index in [1.165, 1.54) is 6.07 Å². The molecular formula is C19H26FIN4O. The molecule has 0 aliphatic rings. The van der Waals surface area contributed by atoms with E-state index in [-0.39, 0.29) is 42.4 Å². The minimum atomic E-state index is -0.336. The highest BCUT2D eigenvalue weighted by atomic mass is 127. The van der Waals surface area contributed by atoms with Gasteiger partial charge in [-0.05, 0) is 44.5 Å². The molecule has 1 aromatic heterocycles. The Labute approximate surface area is 171 Å². The largest absolute Gasteiger partial charge is 0.491 e. The third kappa shape index (κ3) is 6.78. The number of aromatic nitrogens is 1. The van der Waals surface area contributed by atoms with Crippen molar-refractivity contribution in [3.8, 4) is 5.75 Å². The average Bonchev–Trinajstić information content (AvgIpc) is 2.57. The Morgan fingerprint density at radius 1 is 1.23 bits per heavy atom. The summed E-state index contributed by atoms with van der Waals surface area (Å²) in [7, 11) is 1.67. The maximum Gasteiger partial charge on any atom is 0.191 e. The third-order valence-corrected chi connectivity index (χ3v) is 3.51. The van der Waals surface area contributed by atoms with Crippen molar-refractivity contribution in [2.45, 2.75) is 40.0 Å². The van der Waals surface area contributed by atoms with E-state index < -0.39 is 0 Å². The molecule has 0 spiro atoms. The van der Waals surface area contributed by atoms with Crippen molar-refractivity contribution >= 4 is 29.9 Å². The summed E-state index contributed by atoms with van der Waals surface area (Å²) in [5, 5.41) is 6.28. The number of aliphatic imine (C=N–C) groups is 1. The summed E-state index contributed by atoms with van der Waals surface area (Å²) < 4.78 is 19.5. The summed E-state index contributed by atoms with van der Waals surface area (Å²) in [6, 6.07) is 9.06. The van der Waals surface area contributed by atoms with Gasteiger partial charge in [0.2, 0.25) is 0 Å². The van der Waals surface area contributed by atoms with Crippen LogP contribution in [0.25, 0.3) is 0 Å². The molecule has 0 fully saturated rings. The van der Waals surface area contributed by atoms with Gasteiger partial charge in [0, 0.05) is 25.4 Å². The van der Waals surface area contributed by atoms with Crippen LogP contribution in [0.1, 0.15) is 30.7 Å². The molecule has 2 N–H and O–H groups in total. The summed E-state index contributed by atoms with van der Waals surface area (Å²) in [4.78, 5) is 8.18. The number of hydrogen-bond acceptors (Lipinski definition) is 3. The maximum atomic E-state index is 13.6. The number of hydrogen-bond donors (Lipinski definition) is 2. The molecule has 1 heterocycles. The number of halogens is 2. The van der Waals surface area contributed by atoms with Gasteiger partial charge in [0.25, 0.3) is 0 Å². The quantitative estimate of drug-likeness (QED) is 0.382. The van der Waals surface area contributed by atoms with Crippen LogP contribution in [0.2, 0.25) is 0 Å². The third-order valence-electron chi connectivity index (χ3n) is 3.51. The molecule has 7 heteroatoms. The zero-order valence-corrected chi connectivity index (χ0v) is 17.9. The molecule has 2 aromatic rings. The van der Waals surface area contributed by atoms with Gasteiger partial charge in [-0.2, -0.15) is 0 Å².